The van der Waals surface area contributed by atoms with Crippen molar-refractivity contribution < 1.29 is 26.5 Å². The van der Waals surface area contributed by atoms with Gasteiger partial charge >= 0.3 is 6.09 Å². The van der Waals surface area contributed by atoms with Crippen molar-refractivity contribution >= 4 is 32.1 Å². The number of carbonyl (C=O) groups excluding carboxylic acids is 1. The van der Waals surface area contributed by atoms with Gasteiger partial charge in [-0.2, -0.15) is 8.42 Å². The maximum absolute atomic E-state index is 13.5. The molecule has 1 rings (SSSR count). The third-order valence-corrected chi connectivity index (χ3v) is 3.45. The molecule has 0 spiro atoms. The average molecular weight is 412 g/mol. The molecular formula is C14H19BrFNO5S. The third kappa shape index (κ3) is 8.29. The molecule has 0 saturated heterocycles. The van der Waals surface area contributed by atoms with Crippen LogP contribution in [0.1, 0.15) is 32.4 Å². The molecule has 0 aliphatic heterocycles. The summed E-state index contributed by atoms with van der Waals surface area (Å²) >= 11 is 3.14. The van der Waals surface area contributed by atoms with E-state index in [1.54, 1.807) is 26.8 Å². The number of rotatable bonds is 5. The Morgan fingerprint density at radius 2 is 1.96 bits per heavy atom. The molecule has 1 aromatic rings. The van der Waals surface area contributed by atoms with Gasteiger partial charge in [0.25, 0.3) is 10.1 Å². The Hall–Kier alpha value is -1.19. The van der Waals surface area contributed by atoms with Crippen molar-refractivity contribution in [2.24, 2.45) is 0 Å². The molecule has 130 valence electrons. The topological polar surface area (TPSA) is 81.7 Å². The Labute approximate surface area is 143 Å². The first-order chi connectivity index (χ1) is 10.4. The quantitative estimate of drug-likeness (QED) is 0.752. The van der Waals surface area contributed by atoms with Crippen molar-refractivity contribution in [3.05, 3.63) is 34.1 Å². The van der Waals surface area contributed by atoms with Gasteiger partial charge in [-0.25, -0.2) is 9.18 Å². The van der Waals surface area contributed by atoms with Gasteiger partial charge in [-0.3, -0.25) is 4.18 Å². The number of hydrogen-bond donors (Lipinski definition) is 1. The van der Waals surface area contributed by atoms with Gasteiger partial charge in [0.15, 0.2) is 0 Å². The van der Waals surface area contributed by atoms with Gasteiger partial charge in [-0.1, -0.05) is 15.9 Å². The summed E-state index contributed by atoms with van der Waals surface area (Å²) in [5.74, 6) is -0.537. The second-order valence-corrected chi connectivity index (χ2v) is 8.45. The Morgan fingerprint density at radius 1 is 1.35 bits per heavy atom. The Morgan fingerprint density at radius 3 is 2.43 bits per heavy atom. The molecule has 23 heavy (non-hydrogen) atoms. The van der Waals surface area contributed by atoms with Gasteiger partial charge in [0.2, 0.25) is 0 Å². The molecule has 0 radical (unpaired) electrons. The summed E-state index contributed by atoms with van der Waals surface area (Å²) < 4.78 is 46.2. The number of ether oxygens (including phenoxy) is 1. The number of carbonyl (C=O) groups is 1. The monoisotopic (exact) mass is 411 g/mol. The zero-order valence-corrected chi connectivity index (χ0v) is 15.6. The highest BCUT2D eigenvalue weighted by Crippen LogP contribution is 2.22. The van der Waals surface area contributed by atoms with Crippen LogP contribution in [0.25, 0.3) is 0 Å². The first-order valence-corrected chi connectivity index (χ1v) is 9.26. The summed E-state index contributed by atoms with van der Waals surface area (Å²) in [6.07, 6.45) is 0.124. The number of hydrogen-bond acceptors (Lipinski definition) is 5. The third-order valence-electron chi connectivity index (χ3n) is 2.43. The van der Waals surface area contributed by atoms with Crippen LogP contribution in [-0.4, -0.2) is 33.0 Å². The predicted octanol–water partition coefficient (Wildman–Crippen LogP) is 3.13. The zero-order chi connectivity index (χ0) is 17.8. The Balaban J connectivity index is 2.99. The molecule has 1 atom stereocenters. The van der Waals surface area contributed by atoms with Crippen molar-refractivity contribution in [3.8, 4) is 0 Å². The fourth-order valence-electron chi connectivity index (χ4n) is 1.64. The van der Waals surface area contributed by atoms with Crippen LogP contribution in [-0.2, 0) is 19.0 Å². The molecule has 1 amide bonds. The summed E-state index contributed by atoms with van der Waals surface area (Å²) in [6.45, 7) is 4.68. The minimum atomic E-state index is -3.72. The lowest BCUT2D eigenvalue weighted by atomic mass is 10.1. The van der Waals surface area contributed by atoms with Crippen LogP contribution in [0.15, 0.2) is 22.7 Å². The molecule has 0 aliphatic rings. The normalized spacial score (nSPS) is 13.5. The van der Waals surface area contributed by atoms with E-state index in [1.165, 1.54) is 12.1 Å². The number of nitrogens with one attached hydrogen (secondary N) is 1. The van der Waals surface area contributed by atoms with Gasteiger partial charge < -0.3 is 10.1 Å². The molecule has 0 aliphatic carbocycles. The van der Waals surface area contributed by atoms with E-state index < -0.39 is 33.7 Å². The van der Waals surface area contributed by atoms with Crippen LogP contribution >= 0.6 is 15.9 Å². The molecule has 0 heterocycles. The molecule has 0 unspecified atom stereocenters. The highest BCUT2D eigenvalue weighted by atomic mass is 79.9. The van der Waals surface area contributed by atoms with E-state index in [1.807, 2.05) is 0 Å². The summed E-state index contributed by atoms with van der Waals surface area (Å²) in [5, 5.41) is 2.48. The highest BCUT2D eigenvalue weighted by molar-refractivity contribution is 9.10. The lowest BCUT2D eigenvalue weighted by Gasteiger charge is -2.23. The first-order valence-electron chi connectivity index (χ1n) is 6.65. The van der Waals surface area contributed by atoms with Crippen molar-refractivity contribution in [1.29, 1.82) is 0 Å². The largest absolute Gasteiger partial charge is 0.444 e. The molecular weight excluding hydrogens is 393 g/mol. The summed E-state index contributed by atoms with van der Waals surface area (Å²) in [5.41, 5.74) is -0.388. The van der Waals surface area contributed by atoms with Gasteiger partial charge in [0.1, 0.15) is 11.4 Å². The van der Waals surface area contributed by atoms with Crippen LogP contribution in [0.4, 0.5) is 9.18 Å². The van der Waals surface area contributed by atoms with Crippen LogP contribution < -0.4 is 5.32 Å². The zero-order valence-electron chi connectivity index (χ0n) is 13.2. The Kier molecular flexibility index (Phi) is 6.55. The van der Waals surface area contributed by atoms with Crippen LogP contribution in [0.5, 0.6) is 0 Å². The molecule has 9 heteroatoms. The van der Waals surface area contributed by atoms with Crippen molar-refractivity contribution in [3.63, 3.8) is 0 Å². The number of alkyl carbamates (subject to hydrolysis) is 1. The van der Waals surface area contributed by atoms with Crippen molar-refractivity contribution in [1.82, 2.24) is 5.32 Å². The van der Waals surface area contributed by atoms with E-state index in [9.17, 15) is 17.6 Å². The van der Waals surface area contributed by atoms with E-state index in [0.29, 0.717) is 10.0 Å². The molecule has 0 saturated carbocycles. The SMILES string of the molecule is CC(C)(C)OC(=O)N[C@@H](COS(C)(=O)=O)c1cc(F)cc(Br)c1. The van der Waals surface area contributed by atoms with Gasteiger partial charge in [-0.15, -0.1) is 0 Å². The fraction of sp³-hybridized carbons (Fsp3) is 0.500. The highest BCUT2D eigenvalue weighted by Gasteiger charge is 2.22. The second kappa shape index (κ2) is 7.59. The van der Waals surface area contributed by atoms with Gasteiger partial charge in [-0.05, 0) is 44.5 Å². The smallest absolute Gasteiger partial charge is 0.408 e. The Bertz CT molecular complexity index is 652. The van der Waals surface area contributed by atoms with Crippen LogP contribution in [0.2, 0.25) is 0 Å². The van der Waals surface area contributed by atoms with E-state index in [2.05, 4.69) is 21.2 Å². The standard InChI is InChI=1S/C14H19BrFNO5S/c1-14(2,3)22-13(18)17-12(8-21-23(4,19)20)9-5-10(15)7-11(16)6-9/h5-7,12H,8H2,1-4H3,(H,17,18)/t12-/m0/s1. The predicted molar refractivity (Wildman–Crippen MR) is 87.0 cm³/mol. The van der Waals surface area contributed by atoms with Gasteiger partial charge in [0, 0.05) is 4.47 Å². The maximum atomic E-state index is 13.5. The van der Waals surface area contributed by atoms with Crippen LogP contribution in [0, 0.1) is 5.82 Å². The van der Waals surface area contributed by atoms with Gasteiger partial charge in [0.05, 0.1) is 18.9 Å². The minimum absolute atomic E-state index is 0.339. The number of amides is 1. The van der Waals surface area contributed by atoms with Crippen molar-refractivity contribution in [2.75, 3.05) is 12.9 Å². The van der Waals surface area contributed by atoms with Crippen LogP contribution in [0.3, 0.4) is 0 Å². The fourth-order valence-corrected chi connectivity index (χ4v) is 2.51. The molecule has 1 N–H and O–H groups in total. The first kappa shape index (κ1) is 19.9. The lowest BCUT2D eigenvalue weighted by molar-refractivity contribution is 0.0487. The van der Waals surface area contributed by atoms with E-state index in [4.69, 9.17) is 8.92 Å². The number of halogens is 2. The number of benzene rings is 1. The van der Waals surface area contributed by atoms with E-state index in [0.717, 1.165) is 6.26 Å². The molecule has 0 bridgehead atoms. The maximum Gasteiger partial charge on any atom is 0.408 e. The minimum Gasteiger partial charge on any atom is -0.444 e. The summed E-state index contributed by atoms with van der Waals surface area (Å²) in [7, 11) is -3.72. The summed E-state index contributed by atoms with van der Waals surface area (Å²) in [4.78, 5) is 11.9. The molecule has 6 nitrogen and oxygen atoms in total. The lowest BCUT2D eigenvalue weighted by Crippen LogP contribution is -2.37. The van der Waals surface area contributed by atoms with Crippen molar-refractivity contribution in [2.45, 2.75) is 32.4 Å². The van der Waals surface area contributed by atoms with E-state index in [-0.39, 0.29) is 6.61 Å². The summed E-state index contributed by atoms with van der Waals surface area (Å²) in [6, 6.07) is 3.08. The average Bonchev–Trinajstić information content (AvgIpc) is 2.29. The molecule has 1 aromatic carbocycles. The molecule has 0 aromatic heterocycles. The van der Waals surface area contributed by atoms with E-state index >= 15 is 0 Å². The second-order valence-electron chi connectivity index (χ2n) is 5.89. The molecule has 0 fully saturated rings.